The summed E-state index contributed by atoms with van der Waals surface area (Å²) in [6.07, 6.45) is 8.15. The summed E-state index contributed by atoms with van der Waals surface area (Å²) >= 11 is 6.38. The van der Waals surface area contributed by atoms with Gasteiger partial charge >= 0.3 is 0 Å². The Hall–Kier alpha value is -3.23. The van der Waals surface area contributed by atoms with Gasteiger partial charge < -0.3 is 14.2 Å². The van der Waals surface area contributed by atoms with Crippen molar-refractivity contribution in [1.82, 2.24) is 29.2 Å². The van der Waals surface area contributed by atoms with Gasteiger partial charge in [0.1, 0.15) is 5.69 Å². The van der Waals surface area contributed by atoms with Crippen LogP contribution in [-0.4, -0.2) is 48.3 Å². The highest BCUT2D eigenvalue weighted by atomic mass is 35.5. The highest BCUT2D eigenvalue weighted by molar-refractivity contribution is 6.28. The maximum Gasteiger partial charge on any atom is 0.270 e. The van der Waals surface area contributed by atoms with E-state index in [1.165, 1.54) is 17.7 Å². The maximum atomic E-state index is 13.3. The molecule has 190 valence electrons. The topological polar surface area (TPSA) is 78.1 Å². The summed E-state index contributed by atoms with van der Waals surface area (Å²) < 4.78 is 10.0. The summed E-state index contributed by atoms with van der Waals surface area (Å²) in [6.45, 7) is 5.02. The van der Waals surface area contributed by atoms with Crippen molar-refractivity contribution in [3.63, 3.8) is 0 Å². The molecule has 1 aliphatic carbocycles. The molecular weight excluding hydrogens is 488 g/mol. The van der Waals surface area contributed by atoms with Crippen LogP contribution in [0.5, 0.6) is 0 Å². The lowest BCUT2D eigenvalue weighted by Gasteiger charge is -2.30. The molecule has 3 aromatic heterocycles. The quantitative estimate of drug-likeness (QED) is 0.353. The zero-order valence-corrected chi connectivity index (χ0v) is 21.7. The molecule has 0 radical (unpaired) electrons. The third-order valence-electron chi connectivity index (χ3n) is 8.09. The molecule has 9 heteroatoms. The molecule has 1 atom stereocenters. The molecule has 1 amide bonds. The van der Waals surface area contributed by atoms with Crippen LogP contribution in [0, 0.1) is 6.92 Å². The van der Waals surface area contributed by atoms with Gasteiger partial charge in [0, 0.05) is 37.5 Å². The third-order valence-corrected chi connectivity index (χ3v) is 8.26. The van der Waals surface area contributed by atoms with Crippen molar-refractivity contribution in [3.8, 4) is 11.3 Å². The lowest BCUT2D eigenvalue weighted by molar-refractivity contribution is -0.0370. The van der Waals surface area contributed by atoms with Crippen molar-refractivity contribution in [2.24, 2.45) is 0 Å². The van der Waals surface area contributed by atoms with Crippen molar-refractivity contribution >= 4 is 28.5 Å². The summed E-state index contributed by atoms with van der Waals surface area (Å²) in [5.41, 5.74) is 8.23. The number of aromatic nitrogens is 5. The van der Waals surface area contributed by atoms with Gasteiger partial charge in [-0.3, -0.25) is 4.79 Å². The molecule has 7 rings (SSSR count). The number of hydrogen-bond donors (Lipinski definition) is 0. The fraction of sp³-hybridized carbons (Fsp3) is 0.429. The van der Waals surface area contributed by atoms with Gasteiger partial charge in [0.2, 0.25) is 5.28 Å². The van der Waals surface area contributed by atoms with Crippen LogP contribution in [0.15, 0.2) is 30.5 Å². The van der Waals surface area contributed by atoms with E-state index in [0.29, 0.717) is 12.2 Å². The molecule has 1 aromatic carbocycles. The summed E-state index contributed by atoms with van der Waals surface area (Å²) in [7, 11) is 0. The molecule has 1 fully saturated rings. The number of carbonyl (C=O) groups excluding carboxylic acids is 1. The molecule has 1 saturated heterocycles. The van der Waals surface area contributed by atoms with E-state index in [1.54, 1.807) is 6.20 Å². The van der Waals surface area contributed by atoms with Crippen LogP contribution in [0.25, 0.3) is 22.3 Å². The summed E-state index contributed by atoms with van der Waals surface area (Å²) in [4.78, 5) is 24.3. The molecule has 5 heterocycles. The lowest BCUT2D eigenvalue weighted by atomic mass is 10.0. The Morgan fingerprint density at radius 2 is 2.03 bits per heavy atom. The van der Waals surface area contributed by atoms with Gasteiger partial charge in [-0.15, -0.1) is 0 Å². The van der Waals surface area contributed by atoms with Gasteiger partial charge in [-0.2, -0.15) is 10.1 Å². The van der Waals surface area contributed by atoms with E-state index < -0.39 is 0 Å². The molecule has 0 saturated carbocycles. The molecule has 4 aromatic rings. The predicted molar refractivity (Wildman–Crippen MR) is 141 cm³/mol. The molecule has 2 aliphatic heterocycles. The number of benzene rings is 1. The zero-order chi connectivity index (χ0) is 25.1. The normalized spacial score (nSPS) is 19.5. The van der Waals surface area contributed by atoms with Crippen LogP contribution < -0.4 is 0 Å². The van der Waals surface area contributed by atoms with Crippen LogP contribution in [0.2, 0.25) is 5.28 Å². The Morgan fingerprint density at radius 1 is 1.11 bits per heavy atom. The summed E-state index contributed by atoms with van der Waals surface area (Å²) in [5, 5.41) is 5.64. The number of carbonyl (C=O) groups is 1. The third kappa shape index (κ3) is 3.85. The highest BCUT2D eigenvalue weighted by Gasteiger charge is 2.30. The molecule has 0 bridgehead atoms. The Labute approximate surface area is 220 Å². The number of ether oxygens (including phenoxy) is 1. The largest absolute Gasteiger partial charge is 0.356 e. The number of hydrogen-bond acceptors (Lipinski definition) is 5. The number of amides is 1. The maximum absolute atomic E-state index is 13.3. The minimum atomic E-state index is -0.126. The Balaban J connectivity index is 1.17. The predicted octanol–water partition coefficient (Wildman–Crippen LogP) is 5.10. The number of fused-ring (bicyclic) bond motifs is 4. The second-order valence-corrected chi connectivity index (χ2v) is 10.7. The Morgan fingerprint density at radius 3 is 2.86 bits per heavy atom. The zero-order valence-electron chi connectivity index (χ0n) is 20.9. The average molecular weight is 517 g/mol. The fourth-order valence-corrected chi connectivity index (χ4v) is 6.31. The second-order valence-electron chi connectivity index (χ2n) is 10.4. The van der Waals surface area contributed by atoms with E-state index in [-0.39, 0.29) is 17.4 Å². The van der Waals surface area contributed by atoms with Gasteiger partial charge in [-0.25, -0.2) is 9.67 Å². The smallest absolute Gasteiger partial charge is 0.270 e. The SMILES string of the molecule is Cc1cc(-c2nc(Cl)nc3c2cnn3C2CCCCO2)ccc1CN1CCn2c(cc3c2CCC3)C1=O. The minimum Gasteiger partial charge on any atom is -0.356 e. The first-order chi connectivity index (χ1) is 18.1. The fourth-order valence-electron chi connectivity index (χ4n) is 6.14. The average Bonchev–Trinajstić information content (AvgIpc) is 3.62. The van der Waals surface area contributed by atoms with E-state index in [4.69, 9.17) is 16.3 Å². The highest BCUT2D eigenvalue weighted by Crippen LogP contribution is 2.33. The number of nitrogens with zero attached hydrogens (tertiary/aromatic N) is 6. The molecule has 1 unspecified atom stereocenters. The standard InChI is InChI=1S/C28H29ClN6O2/c1-17-13-19(25-21-15-30-35(24-7-2-3-12-37-24)26(21)32-28(29)31-25)8-9-20(17)16-33-10-11-34-22-6-4-5-18(22)14-23(34)27(33)36/h8-9,13-15,24H,2-7,10-12,16H2,1H3. The van der Waals surface area contributed by atoms with E-state index in [2.05, 4.69) is 50.8 Å². The monoisotopic (exact) mass is 516 g/mol. The molecular formula is C28H29ClN6O2. The lowest BCUT2D eigenvalue weighted by Crippen LogP contribution is -2.40. The summed E-state index contributed by atoms with van der Waals surface area (Å²) in [5.74, 6) is 0.130. The van der Waals surface area contributed by atoms with Gasteiger partial charge in [0.25, 0.3) is 5.91 Å². The van der Waals surface area contributed by atoms with Crippen molar-refractivity contribution in [2.75, 3.05) is 13.2 Å². The first-order valence-corrected chi connectivity index (χ1v) is 13.6. The molecule has 37 heavy (non-hydrogen) atoms. The number of aryl methyl sites for hydroxylation is 2. The van der Waals surface area contributed by atoms with Gasteiger partial charge in [0.15, 0.2) is 11.9 Å². The van der Waals surface area contributed by atoms with Crippen molar-refractivity contribution < 1.29 is 9.53 Å². The second kappa shape index (κ2) is 8.96. The van der Waals surface area contributed by atoms with Gasteiger partial charge in [-0.1, -0.05) is 12.1 Å². The molecule has 3 aliphatic rings. The van der Waals surface area contributed by atoms with E-state index in [9.17, 15) is 4.79 Å². The Bertz CT molecular complexity index is 1530. The van der Waals surface area contributed by atoms with Crippen LogP contribution >= 0.6 is 11.6 Å². The van der Waals surface area contributed by atoms with E-state index in [0.717, 1.165) is 85.3 Å². The Kier molecular flexibility index (Phi) is 5.55. The van der Waals surface area contributed by atoms with E-state index >= 15 is 0 Å². The number of rotatable bonds is 4. The van der Waals surface area contributed by atoms with Crippen molar-refractivity contribution in [3.05, 3.63) is 63.8 Å². The molecule has 0 N–H and O–H groups in total. The van der Waals surface area contributed by atoms with Crippen LogP contribution in [0.1, 0.15) is 64.8 Å². The van der Waals surface area contributed by atoms with Crippen molar-refractivity contribution in [2.45, 2.75) is 64.8 Å². The minimum absolute atomic E-state index is 0.126. The van der Waals surface area contributed by atoms with Gasteiger partial charge in [-0.05, 0) is 85.9 Å². The first-order valence-electron chi connectivity index (χ1n) is 13.2. The van der Waals surface area contributed by atoms with E-state index in [1.807, 2.05) is 9.58 Å². The first kappa shape index (κ1) is 22.9. The van der Waals surface area contributed by atoms with Gasteiger partial charge in [0.05, 0.1) is 17.3 Å². The van der Waals surface area contributed by atoms with Crippen LogP contribution in [0.3, 0.4) is 0 Å². The van der Waals surface area contributed by atoms with Crippen LogP contribution in [0.4, 0.5) is 0 Å². The molecule has 0 spiro atoms. The number of halogens is 1. The van der Waals surface area contributed by atoms with Crippen LogP contribution in [-0.2, 0) is 30.7 Å². The van der Waals surface area contributed by atoms with Crippen molar-refractivity contribution in [1.29, 1.82) is 0 Å². The summed E-state index contributed by atoms with van der Waals surface area (Å²) in [6, 6.07) is 8.39. The molecule has 8 nitrogen and oxygen atoms in total.